The van der Waals surface area contributed by atoms with Crippen LogP contribution in [0.4, 0.5) is 0 Å². The van der Waals surface area contributed by atoms with Crippen molar-refractivity contribution in [2.75, 3.05) is 6.54 Å². The van der Waals surface area contributed by atoms with Gasteiger partial charge in [-0.2, -0.15) is 5.10 Å². The Kier molecular flexibility index (Phi) is 4.52. The monoisotopic (exact) mass is 346 g/mol. The maximum absolute atomic E-state index is 12.4. The van der Waals surface area contributed by atoms with Crippen molar-refractivity contribution in [3.05, 3.63) is 71.5 Å². The van der Waals surface area contributed by atoms with Crippen molar-refractivity contribution in [2.24, 2.45) is 0 Å². The fourth-order valence-corrected chi connectivity index (χ4v) is 3.16. The quantitative estimate of drug-likeness (QED) is 0.742. The highest BCUT2D eigenvalue weighted by molar-refractivity contribution is 5.95. The van der Waals surface area contributed by atoms with Gasteiger partial charge in [0.1, 0.15) is 5.69 Å². The van der Waals surface area contributed by atoms with Crippen LogP contribution in [-0.2, 0) is 6.54 Å². The van der Waals surface area contributed by atoms with Gasteiger partial charge < -0.3 is 5.32 Å². The molecule has 1 fully saturated rings. The first-order chi connectivity index (χ1) is 12.7. The second-order valence-corrected chi connectivity index (χ2v) is 6.74. The van der Waals surface area contributed by atoms with E-state index >= 15 is 0 Å². The van der Waals surface area contributed by atoms with E-state index in [0.29, 0.717) is 19.0 Å². The Morgan fingerprint density at radius 1 is 1.15 bits per heavy atom. The largest absolute Gasteiger partial charge is 0.350 e. The average Bonchev–Trinajstić information content (AvgIpc) is 3.43. The third kappa shape index (κ3) is 3.52. The molecule has 0 radical (unpaired) electrons. The first kappa shape index (κ1) is 16.5. The lowest BCUT2D eigenvalue weighted by Gasteiger charge is -2.09. The average molecular weight is 346 g/mol. The lowest BCUT2D eigenvalue weighted by molar-refractivity contribution is 0.0951. The van der Waals surface area contributed by atoms with E-state index in [-0.39, 0.29) is 5.91 Å². The Hall–Kier alpha value is -2.95. The molecule has 0 unspecified atom stereocenters. The molecule has 0 atom stereocenters. The van der Waals surface area contributed by atoms with E-state index in [2.05, 4.69) is 16.4 Å². The van der Waals surface area contributed by atoms with Gasteiger partial charge in [0.05, 0.1) is 12.2 Å². The number of pyridine rings is 1. The number of nitrogens with zero attached hydrogens (tertiary/aromatic N) is 3. The van der Waals surface area contributed by atoms with Crippen LogP contribution in [0.2, 0.25) is 0 Å². The van der Waals surface area contributed by atoms with E-state index < -0.39 is 0 Å². The molecule has 132 valence electrons. The van der Waals surface area contributed by atoms with Gasteiger partial charge in [0.2, 0.25) is 0 Å². The molecule has 3 aromatic rings. The molecule has 0 saturated heterocycles. The first-order valence-corrected chi connectivity index (χ1v) is 9.05. The van der Waals surface area contributed by atoms with Crippen molar-refractivity contribution < 1.29 is 4.79 Å². The summed E-state index contributed by atoms with van der Waals surface area (Å²) in [5.74, 6) is 0.556. The molecular formula is C21H22N4O. The van der Waals surface area contributed by atoms with Gasteiger partial charge in [0.25, 0.3) is 5.91 Å². The molecule has 1 amide bonds. The number of hydrogen-bond acceptors (Lipinski definition) is 3. The van der Waals surface area contributed by atoms with Crippen LogP contribution in [0.25, 0.3) is 11.4 Å². The molecule has 2 heterocycles. The fourth-order valence-electron chi connectivity index (χ4n) is 3.16. The van der Waals surface area contributed by atoms with Crippen molar-refractivity contribution in [1.29, 1.82) is 0 Å². The lowest BCUT2D eigenvalue weighted by atomic mass is 10.1. The smallest absolute Gasteiger partial charge is 0.251 e. The summed E-state index contributed by atoms with van der Waals surface area (Å²) in [6.45, 7) is 3.17. The highest BCUT2D eigenvalue weighted by atomic mass is 16.1. The van der Waals surface area contributed by atoms with Crippen LogP contribution in [0.1, 0.15) is 40.4 Å². The van der Waals surface area contributed by atoms with Gasteiger partial charge in [-0.05, 0) is 49.6 Å². The number of carbonyl (C=O) groups excluding carboxylic acids is 1. The van der Waals surface area contributed by atoms with Crippen LogP contribution in [0.15, 0.2) is 54.7 Å². The van der Waals surface area contributed by atoms with Crippen LogP contribution >= 0.6 is 0 Å². The van der Waals surface area contributed by atoms with Gasteiger partial charge >= 0.3 is 0 Å². The first-order valence-electron chi connectivity index (χ1n) is 9.05. The zero-order valence-electron chi connectivity index (χ0n) is 14.9. The molecule has 5 nitrogen and oxygen atoms in total. The van der Waals surface area contributed by atoms with E-state index in [1.54, 1.807) is 6.20 Å². The Balaban J connectivity index is 1.45. The minimum atomic E-state index is -0.0341. The predicted molar refractivity (Wildman–Crippen MR) is 101 cm³/mol. The second-order valence-electron chi connectivity index (χ2n) is 6.74. The topological polar surface area (TPSA) is 59.8 Å². The van der Waals surface area contributed by atoms with Crippen LogP contribution in [-0.4, -0.2) is 27.2 Å². The van der Waals surface area contributed by atoms with Gasteiger partial charge in [-0.15, -0.1) is 0 Å². The number of carbonyl (C=O) groups is 1. The highest BCUT2D eigenvalue weighted by Gasteiger charge is 2.28. The number of hydrogen-bond donors (Lipinski definition) is 1. The molecule has 0 spiro atoms. The second kappa shape index (κ2) is 7.12. The maximum Gasteiger partial charge on any atom is 0.251 e. The van der Waals surface area contributed by atoms with Crippen LogP contribution < -0.4 is 5.32 Å². The van der Waals surface area contributed by atoms with Crippen molar-refractivity contribution >= 4 is 5.91 Å². The number of aryl methyl sites for hydroxylation is 1. The van der Waals surface area contributed by atoms with Gasteiger partial charge in [0, 0.05) is 29.9 Å². The predicted octanol–water partition coefficient (Wildman–Crippen LogP) is 3.56. The third-order valence-electron chi connectivity index (χ3n) is 4.73. The number of aromatic nitrogens is 3. The van der Waals surface area contributed by atoms with Crippen LogP contribution in [0.3, 0.4) is 0 Å². The summed E-state index contributed by atoms with van der Waals surface area (Å²) in [7, 11) is 0. The molecule has 0 bridgehead atoms. The number of amides is 1. The Bertz CT molecular complexity index is 913. The summed E-state index contributed by atoms with van der Waals surface area (Å²) in [6, 6.07) is 15.6. The number of nitrogens with one attached hydrogen (secondary N) is 1. The number of rotatable bonds is 6. The third-order valence-corrected chi connectivity index (χ3v) is 4.73. The number of benzene rings is 1. The lowest BCUT2D eigenvalue weighted by Crippen LogP contribution is -2.28. The van der Waals surface area contributed by atoms with Crippen molar-refractivity contribution in [3.63, 3.8) is 0 Å². The van der Waals surface area contributed by atoms with Gasteiger partial charge in [-0.1, -0.05) is 24.3 Å². The zero-order valence-corrected chi connectivity index (χ0v) is 14.9. The standard InChI is InChI=1S/C21H22N4O/c1-15-6-2-3-7-17(15)21(26)23-12-13-25-20(16-9-10-16)14-19(24-25)18-8-4-5-11-22-18/h2-8,11,14,16H,9-10,12-13H2,1H3,(H,23,26). The molecule has 5 heteroatoms. The van der Waals surface area contributed by atoms with Gasteiger partial charge in [-0.3, -0.25) is 14.5 Å². The molecule has 26 heavy (non-hydrogen) atoms. The molecule has 1 saturated carbocycles. The van der Waals surface area contributed by atoms with E-state index in [1.807, 2.05) is 54.1 Å². The molecular weight excluding hydrogens is 324 g/mol. The van der Waals surface area contributed by atoms with Crippen molar-refractivity contribution in [2.45, 2.75) is 32.2 Å². The maximum atomic E-state index is 12.4. The summed E-state index contributed by atoms with van der Waals surface area (Å²) in [6.07, 6.45) is 4.21. The Labute approximate surface area is 153 Å². The molecule has 1 aliphatic carbocycles. The van der Waals surface area contributed by atoms with Gasteiger partial charge in [0.15, 0.2) is 0 Å². The Morgan fingerprint density at radius 3 is 2.69 bits per heavy atom. The van der Waals surface area contributed by atoms with Crippen molar-refractivity contribution in [3.8, 4) is 11.4 Å². The van der Waals surface area contributed by atoms with E-state index in [1.165, 1.54) is 18.5 Å². The normalized spacial score (nSPS) is 13.6. The van der Waals surface area contributed by atoms with Crippen molar-refractivity contribution in [1.82, 2.24) is 20.1 Å². The van der Waals surface area contributed by atoms with Gasteiger partial charge in [-0.25, -0.2) is 0 Å². The van der Waals surface area contributed by atoms with E-state index in [9.17, 15) is 4.79 Å². The van der Waals surface area contributed by atoms with E-state index in [0.717, 1.165) is 22.5 Å². The van der Waals surface area contributed by atoms with E-state index in [4.69, 9.17) is 5.10 Å². The highest BCUT2D eigenvalue weighted by Crippen LogP contribution is 2.41. The SMILES string of the molecule is Cc1ccccc1C(=O)NCCn1nc(-c2ccccn2)cc1C1CC1. The molecule has 1 aliphatic rings. The summed E-state index contributed by atoms with van der Waals surface area (Å²) in [4.78, 5) is 16.8. The van der Waals surface area contributed by atoms with Crippen LogP contribution in [0, 0.1) is 6.92 Å². The minimum absolute atomic E-state index is 0.0341. The summed E-state index contributed by atoms with van der Waals surface area (Å²) in [5, 5.41) is 7.74. The molecule has 1 aromatic carbocycles. The summed E-state index contributed by atoms with van der Waals surface area (Å²) >= 11 is 0. The molecule has 2 aromatic heterocycles. The minimum Gasteiger partial charge on any atom is -0.350 e. The zero-order chi connectivity index (χ0) is 17.9. The fraction of sp³-hybridized carbons (Fsp3) is 0.286. The summed E-state index contributed by atoms with van der Waals surface area (Å²) < 4.78 is 2.03. The molecule has 1 N–H and O–H groups in total. The Morgan fingerprint density at radius 2 is 1.96 bits per heavy atom. The molecule has 4 rings (SSSR count). The summed E-state index contributed by atoms with van der Waals surface area (Å²) in [5.41, 5.74) is 4.75. The molecule has 0 aliphatic heterocycles. The van der Waals surface area contributed by atoms with Crippen LogP contribution in [0.5, 0.6) is 0 Å².